The summed E-state index contributed by atoms with van der Waals surface area (Å²) in [7, 11) is 0. The molecular weight excluding hydrogens is 480 g/mol. The number of thioether (sulfide) groups is 1. The lowest BCUT2D eigenvalue weighted by molar-refractivity contribution is 0.107. The Kier molecular flexibility index (Phi) is 10.5. The van der Waals surface area contributed by atoms with Crippen molar-refractivity contribution in [1.82, 2.24) is 20.4 Å². The first-order valence-electron chi connectivity index (χ1n) is 12.0. The van der Waals surface area contributed by atoms with Crippen LogP contribution < -0.4 is 32.6 Å². The van der Waals surface area contributed by atoms with Crippen molar-refractivity contribution in [1.29, 1.82) is 10.8 Å². The van der Waals surface area contributed by atoms with E-state index in [-0.39, 0.29) is 11.5 Å². The van der Waals surface area contributed by atoms with Crippen LogP contribution in [0, 0.1) is 10.8 Å². The zero-order valence-electron chi connectivity index (χ0n) is 20.8. The van der Waals surface area contributed by atoms with Gasteiger partial charge in [0.2, 0.25) is 0 Å². The van der Waals surface area contributed by atoms with E-state index in [9.17, 15) is 0 Å². The van der Waals surface area contributed by atoms with E-state index in [1.165, 1.54) is 17.3 Å². The second-order valence-corrected chi connectivity index (χ2v) is 9.54. The third kappa shape index (κ3) is 8.21. The van der Waals surface area contributed by atoms with E-state index in [0.717, 1.165) is 42.1 Å². The van der Waals surface area contributed by atoms with E-state index in [1.54, 1.807) is 0 Å². The summed E-state index contributed by atoms with van der Waals surface area (Å²) in [4.78, 5) is 9.47. The Bertz CT molecular complexity index is 970. The number of oxime groups is 1. The van der Waals surface area contributed by atoms with Gasteiger partial charge in [0.1, 0.15) is 23.6 Å². The number of hydrogen-bond acceptors (Lipinski definition) is 9. The number of rotatable bonds is 13. The summed E-state index contributed by atoms with van der Waals surface area (Å²) in [5.74, 6) is 1.21. The number of ether oxygens (including phenoxy) is 1. The van der Waals surface area contributed by atoms with Crippen LogP contribution in [0.4, 0.5) is 0 Å². The molecule has 2 aliphatic heterocycles. The van der Waals surface area contributed by atoms with E-state index in [1.807, 2.05) is 29.4 Å². The topological polar surface area (TPSA) is 187 Å². The van der Waals surface area contributed by atoms with Gasteiger partial charge in [-0.25, -0.2) is 0 Å². The second-order valence-electron chi connectivity index (χ2n) is 8.52. The first kappa shape index (κ1) is 27.4. The van der Waals surface area contributed by atoms with Crippen molar-refractivity contribution in [3.63, 3.8) is 0 Å². The van der Waals surface area contributed by atoms with E-state index < -0.39 is 0 Å². The Hall–Kier alpha value is -3.16. The maximum Gasteiger partial charge on any atom is 0.194 e. The van der Waals surface area contributed by atoms with Gasteiger partial charge in [-0.3, -0.25) is 10.8 Å². The van der Waals surface area contributed by atoms with Crippen LogP contribution in [0.2, 0.25) is 0 Å². The van der Waals surface area contributed by atoms with E-state index >= 15 is 0 Å². The minimum atomic E-state index is -0.142. The largest absolute Gasteiger partial charge is 0.490 e. The van der Waals surface area contributed by atoms with E-state index in [0.29, 0.717) is 51.9 Å². The fourth-order valence-corrected chi connectivity index (χ4v) is 4.57. The monoisotopic (exact) mass is 518 g/mol. The SMILES string of the molecule is C/C(=N\OCCOc1ccc2c(c1)CN(C(=N)N(CCCN)CCCNC(=N)N)C2)C1=CSC(N)N1. The number of fused-ring (bicyclic) bond motifs is 1. The van der Waals surface area contributed by atoms with Crippen molar-refractivity contribution >= 4 is 29.4 Å². The molecule has 0 aliphatic carbocycles. The average Bonchev–Trinajstić information content (AvgIpc) is 3.48. The molecule has 0 bridgehead atoms. The van der Waals surface area contributed by atoms with Crippen molar-refractivity contribution in [2.45, 2.75) is 38.4 Å². The van der Waals surface area contributed by atoms with Crippen LogP contribution in [0.1, 0.15) is 30.9 Å². The van der Waals surface area contributed by atoms with Crippen LogP contribution in [-0.4, -0.2) is 72.3 Å². The van der Waals surface area contributed by atoms with Gasteiger partial charge in [-0.2, -0.15) is 0 Å². The number of nitrogens with two attached hydrogens (primary N) is 3. The van der Waals surface area contributed by atoms with Crippen LogP contribution in [-0.2, 0) is 17.9 Å². The summed E-state index contributed by atoms with van der Waals surface area (Å²) < 4.78 is 5.86. The maximum atomic E-state index is 8.78. The van der Waals surface area contributed by atoms with Gasteiger partial charge >= 0.3 is 0 Å². The third-order valence-electron chi connectivity index (χ3n) is 5.72. The molecule has 0 saturated heterocycles. The van der Waals surface area contributed by atoms with Crippen LogP contribution in [0.25, 0.3) is 0 Å². The van der Waals surface area contributed by atoms with Crippen molar-refractivity contribution in [3.05, 3.63) is 40.4 Å². The molecule has 10 N–H and O–H groups in total. The first-order valence-corrected chi connectivity index (χ1v) is 13.0. The number of benzene rings is 1. The molecule has 36 heavy (non-hydrogen) atoms. The van der Waals surface area contributed by atoms with Gasteiger partial charge in [0.15, 0.2) is 18.5 Å². The van der Waals surface area contributed by atoms with Gasteiger partial charge in [-0.1, -0.05) is 23.0 Å². The van der Waals surface area contributed by atoms with Gasteiger partial charge in [0.05, 0.1) is 5.70 Å². The fraction of sp³-hybridized carbons (Fsp3) is 0.522. The molecule has 1 aromatic carbocycles. The summed E-state index contributed by atoms with van der Waals surface area (Å²) in [6.45, 7) is 6.48. The summed E-state index contributed by atoms with van der Waals surface area (Å²) in [5, 5.41) is 28.0. The van der Waals surface area contributed by atoms with Gasteiger partial charge in [-0.05, 0) is 55.0 Å². The van der Waals surface area contributed by atoms with Gasteiger partial charge in [0, 0.05) is 32.7 Å². The smallest absolute Gasteiger partial charge is 0.194 e. The van der Waals surface area contributed by atoms with Crippen LogP contribution in [0.3, 0.4) is 0 Å². The van der Waals surface area contributed by atoms with Crippen LogP contribution in [0.15, 0.2) is 34.5 Å². The van der Waals surface area contributed by atoms with Crippen LogP contribution >= 0.6 is 11.8 Å². The lowest BCUT2D eigenvalue weighted by Gasteiger charge is -2.31. The van der Waals surface area contributed by atoms with Crippen molar-refractivity contribution in [3.8, 4) is 5.75 Å². The molecule has 0 saturated carbocycles. The molecule has 12 nitrogen and oxygen atoms in total. The predicted octanol–water partition coefficient (Wildman–Crippen LogP) is 0.652. The molecule has 3 rings (SSSR count). The maximum absolute atomic E-state index is 8.78. The molecule has 1 atom stereocenters. The number of hydrogen-bond donors (Lipinski definition) is 7. The number of allylic oxidation sites excluding steroid dienone is 1. The van der Waals surface area contributed by atoms with Crippen molar-refractivity contribution < 1.29 is 9.57 Å². The molecule has 13 heteroatoms. The summed E-state index contributed by atoms with van der Waals surface area (Å²) >= 11 is 1.50. The molecule has 1 unspecified atom stereocenters. The summed E-state index contributed by atoms with van der Waals surface area (Å²) in [5.41, 5.74) is 20.7. The highest BCUT2D eigenvalue weighted by Crippen LogP contribution is 2.27. The molecule has 0 amide bonds. The molecule has 1 aromatic rings. The quantitative estimate of drug-likeness (QED) is 0.0845. The minimum Gasteiger partial charge on any atom is -0.490 e. The third-order valence-corrected chi connectivity index (χ3v) is 6.50. The van der Waals surface area contributed by atoms with Crippen molar-refractivity contribution in [2.24, 2.45) is 22.4 Å². The van der Waals surface area contributed by atoms with Crippen LogP contribution in [0.5, 0.6) is 5.75 Å². The number of nitrogens with one attached hydrogen (secondary N) is 4. The summed E-state index contributed by atoms with van der Waals surface area (Å²) in [6, 6.07) is 6.04. The Morgan fingerprint density at radius 3 is 2.75 bits per heavy atom. The molecule has 0 radical (unpaired) electrons. The fourth-order valence-electron chi connectivity index (χ4n) is 3.85. The van der Waals surface area contributed by atoms with Gasteiger partial charge in [-0.15, -0.1) is 0 Å². The molecule has 2 aliphatic rings. The predicted molar refractivity (Wildman–Crippen MR) is 145 cm³/mol. The Morgan fingerprint density at radius 2 is 2.03 bits per heavy atom. The number of nitrogens with zero attached hydrogens (tertiary/aromatic N) is 3. The van der Waals surface area contributed by atoms with Gasteiger partial charge in [0.25, 0.3) is 0 Å². The van der Waals surface area contributed by atoms with E-state index in [2.05, 4.69) is 26.8 Å². The Balaban J connectivity index is 1.45. The lowest BCUT2D eigenvalue weighted by Crippen LogP contribution is -2.43. The van der Waals surface area contributed by atoms with Gasteiger partial charge < -0.3 is 47.2 Å². The zero-order valence-corrected chi connectivity index (χ0v) is 21.6. The highest BCUT2D eigenvalue weighted by Gasteiger charge is 2.25. The highest BCUT2D eigenvalue weighted by atomic mass is 32.2. The molecule has 0 fully saturated rings. The average molecular weight is 519 g/mol. The minimum absolute atomic E-state index is 0.0376. The normalized spacial score (nSPS) is 16.8. The molecule has 2 heterocycles. The molecule has 0 spiro atoms. The Labute approximate surface area is 216 Å². The van der Waals surface area contributed by atoms with Crippen molar-refractivity contribution in [2.75, 3.05) is 39.4 Å². The molecule has 198 valence electrons. The summed E-state index contributed by atoms with van der Waals surface area (Å²) in [6.07, 6.45) is 1.59. The number of guanidine groups is 2. The van der Waals surface area contributed by atoms with E-state index in [4.69, 9.17) is 37.6 Å². The molecule has 0 aromatic heterocycles. The second kappa shape index (κ2) is 13.8. The Morgan fingerprint density at radius 1 is 1.25 bits per heavy atom. The zero-order chi connectivity index (χ0) is 25.9. The standard InChI is InChI=1S/C23H38N10O2S/c1-16(20-15-36-22(27)30-20)31-35-11-10-34-19-5-4-17-13-33(14-18(17)12-19)23(28)32(8-2-6-24)9-3-7-29-21(25)26/h4-5,12,15,22,28,30H,2-3,6-11,13-14,24,27H2,1H3,(H4,25,26,29)/b28-23?,31-16+. The lowest BCUT2D eigenvalue weighted by atomic mass is 10.1. The highest BCUT2D eigenvalue weighted by molar-refractivity contribution is 8.02. The molecular formula is C23H38N10O2S. The first-order chi connectivity index (χ1) is 17.4.